The molecule has 0 atom stereocenters. The monoisotopic (exact) mass is 207 g/mol. The summed E-state index contributed by atoms with van der Waals surface area (Å²) >= 11 is 0. The highest BCUT2D eigenvalue weighted by Crippen LogP contribution is 2.26. The molecule has 1 aromatic heterocycles. The van der Waals surface area contributed by atoms with Crippen LogP contribution in [0.4, 0.5) is 0 Å². The number of carbonyl (C=O) groups excluding carboxylic acids is 1. The number of hydrogen-bond donors (Lipinski definition) is 0. The summed E-state index contributed by atoms with van der Waals surface area (Å²) in [5.41, 5.74) is -0.342. The highest BCUT2D eigenvalue weighted by Gasteiger charge is 2.37. The van der Waals surface area contributed by atoms with Crippen LogP contribution in [0.25, 0.3) is 0 Å². The van der Waals surface area contributed by atoms with Gasteiger partial charge in [0.1, 0.15) is 5.76 Å². The van der Waals surface area contributed by atoms with Crippen molar-refractivity contribution in [3.05, 3.63) is 24.2 Å². The Bertz CT molecular complexity index is 341. The van der Waals surface area contributed by atoms with Gasteiger partial charge in [-0.05, 0) is 32.4 Å². The third-order valence-corrected chi connectivity index (χ3v) is 3.23. The van der Waals surface area contributed by atoms with Gasteiger partial charge in [-0.3, -0.25) is 9.69 Å². The SMILES string of the molecule is CC1(C)C(=O)CCCN1Cc1ccco1. The molecule has 0 saturated carbocycles. The van der Waals surface area contributed by atoms with Crippen LogP contribution in [0.5, 0.6) is 0 Å². The molecule has 0 aromatic carbocycles. The molecule has 0 aliphatic carbocycles. The first-order chi connectivity index (χ1) is 7.10. The van der Waals surface area contributed by atoms with Crippen LogP contribution >= 0.6 is 0 Å². The van der Waals surface area contributed by atoms with E-state index in [9.17, 15) is 4.79 Å². The van der Waals surface area contributed by atoms with Gasteiger partial charge in [0, 0.05) is 13.0 Å². The number of furan rings is 1. The van der Waals surface area contributed by atoms with Crippen molar-refractivity contribution in [2.75, 3.05) is 6.54 Å². The zero-order valence-electron chi connectivity index (χ0n) is 9.32. The molecule has 82 valence electrons. The molecule has 1 aliphatic rings. The Morgan fingerprint density at radius 1 is 1.53 bits per heavy atom. The van der Waals surface area contributed by atoms with E-state index in [0.29, 0.717) is 12.2 Å². The average Bonchev–Trinajstić information content (AvgIpc) is 2.66. The van der Waals surface area contributed by atoms with Crippen molar-refractivity contribution in [2.45, 2.75) is 38.8 Å². The van der Waals surface area contributed by atoms with Crippen molar-refractivity contribution in [2.24, 2.45) is 0 Å². The van der Waals surface area contributed by atoms with E-state index in [0.717, 1.165) is 25.3 Å². The van der Waals surface area contributed by atoms with E-state index in [1.807, 2.05) is 26.0 Å². The fraction of sp³-hybridized carbons (Fsp3) is 0.583. The molecule has 1 aliphatic heterocycles. The van der Waals surface area contributed by atoms with E-state index >= 15 is 0 Å². The van der Waals surface area contributed by atoms with Crippen LogP contribution in [-0.4, -0.2) is 22.8 Å². The molecular weight excluding hydrogens is 190 g/mol. The number of likely N-dealkylation sites (tertiary alicyclic amines) is 1. The minimum Gasteiger partial charge on any atom is -0.468 e. The summed E-state index contributed by atoms with van der Waals surface area (Å²) in [7, 11) is 0. The van der Waals surface area contributed by atoms with Gasteiger partial charge in [-0.25, -0.2) is 0 Å². The Morgan fingerprint density at radius 3 is 3.00 bits per heavy atom. The minimum absolute atomic E-state index is 0.334. The van der Waals surface area contributed by atoms with Crippen molar-refractivity contribution < 1.29 is 9.21 Å². The summed E-state index contributed by atoms with van der Waals surface area (Å²) in [6.07, 6.45) is 3.35. The molecule has 0 radical (unpaired) electrons. The molecule has 1 aromatic rings. The Balaban J connectivity index is 2.11. The van der Waals surface area contributed by atoms with Gasteiger partial charge < -0.3 is 4.42 Å². The van der Waals surface area contributed by atoms with Crippen LogP contribution in [0.15, 0.2) is 22.8 Å². The highest BCUT2D eigenvalue weighted by molar-refractivity contribution is 5.88. The molecule has 0 bridgehead atoms. The molecule has 0 N–H and O–H groups in total. The van der Waals surface area contributed by atoms with Gasteiger partial charge in [-0.2, -0.15) is 0 Å². The van der Waals surface area contributed by atoms with E-state index in [2.05, 4.69) is 4.90 Å². The van der Waals surface area contributed by atoms with Gasteiger partial charge >= 0.3 is 0 Å². The van der Waals surface area contributed by atoms with Crippen molar-refractivity contribution in [1.29, 1.82) is 0 Å². The van der Waals surface area contributed by atoms with Crippen LogP contribution in [0.1, 0.15) is 32.4 Å². The molecule has 0 spiro atoms. The number of rotatable bonds is 2. The molecule has 2 rings (SSSR count). The molecule has 0 amide bonds. The van der Waals surface area contributed by atoms with Gasteiger partial charge in [-0.15, -0.1) is 0 Å². The summed E-state index contributed by atoms with van der Waals surface area (Å²) in [5.74, 6) is 1.26. The lowest BCUT2D eigenvalue weighted by Crippen LogP contribution is -2.53. The van der Waals surface area contributed by atoms with Crippen LogP contribution in [0.2, 0.25) is 0 Å². The largest absolute Gasteiger partial charge is 0.468 e. The topological polar surface area (TPSA) is 33.5 Å². The minimum atomic E-state index is -0.342. The fourth-order valence-corrected chi connectivity index (χ4v) is 2.06. The molecule has 1 saturated heterocycles. The zero-order valence-corrected chi connectivity index (χ0v) is 9.32. The average molecular weight is 207 g/mol. The van der Waals surface area contributed by atoms with Crippen LogP contribution < -0.4 is 0 Å². The lowest BCUT2D eigenvalue weighted by molar-refractivity contribution is -0.133. The first-order valence-corrected chi connectivity index (χ1v) is 5.41. The Labute approximate surface area is 90.1 Å². The van der Waals surface area contributed by atoms with Crippen molar-refractivity contribution in [3.8, 4) is 0 Å². The predicted octanol–water partition coefficient (Wildman–Crippen LogP) is 2.22. The van der Waals surface area contributed by atoms with Gasteiger partial charge in [0.05, 0.1) is 18.3 Å². The molecule has 1 fully saturated rings. The van der Waals surface area contributed by atoms with E-state index < -0.39 is 0 Å². The zero-order chi connectivity index (χ0) is 10.9. The number of hydrogen-bond acceptors (Lipinski definition) is 3. The molecule has 3 heteroatoms. The number of carbonyl (C=O) groups is 1. The predicted molar refractivity (Wildman–Crippen MR) is 57.4 cm³/mol. The Morgan fingerprint density at radius 2 is 2.33 bits per heavy atom. The van der Waals surface area contributed by atoms with E-state index in [1.165, 1.54) is 0 Å². The second-order valence-electron chi connectivity index (χ2n) is 4.59. The summed E-state index contributed by atoms with van der Waals surface area (Å²) in [6, 6.07) is 3.84. The lowest BCUT2D eigenvalue weighted by atomic mass is 9.89. The first-order valence-electron chi connectivity index (χ1n) is 5.41. The molecular formula is C12H17NO2. The van der Waals surface area contributed by atoms with Gasteiger partial charge in [-0.1, -0.05) is 0 Å². The Hall–Kier alpha value is -1.09. The molecule has 0 unspecified atom stereocenters. The van der Waals surface area contributed by atoms with E-state index in [1.54, 1.807) is 6.26 Å². The maximum absolute atomic E-state index is 11.8. The van der Waals surface area contributed by atoms with Gasteiger partial charge in [0.15, 0.2) is 5.78 Å². The van der Waals surface area contributed by atoms with E-state index in [4.69, 9.17) is 4.42 Å². The number of Topliss-reactive ketones (excluding diaryl/α,β-unsaturated/α-hetero) is 1. The summed E-state index contributed by atoms with van der Waals surface area (Å²) < 4.78 is 5.31. The van der Waals surface area contributed by atoms with Crippen molar-refractivity contribution >= 4 is 5.78 Å². The second-order valence-corrected chi connectivity index (χ2v) is 4.59. The number of nitrogens with zero attached hydrogens (tertiary/aromatic N) is 1. The smallest absolute Gasteiger partial charge is 0.152 e. The second kappa shape index (κ2) is 3.81. The number of ketones is 1. The fourth-order valence-electron chi connectivity index (χ4n) is 2.06. The van der Waals surface area contributed by atoms with Crippen LogP contribution in [-0.2, 0) is 11.3 Å². The van der Waals surface area contributed by atoms with Crippen molar-refractivity contribution in [1.82, 2.24) is 4.90 Å². The van der Waals surface area contributed by atoms with Gasteiger partial charge in [0.2, 0.25) is 0 Å². The number of piperidine rings is 1. The standard InChI is InChI=1S/C12H17NO2/c1-12(2)11(14)6-3-7-13(12)9-10-5-4-8-15-10/h4-5,8H,3,6-7,9H2,1-2H3. The van der Waals surface area contributed by atoms with Crippen molar-refractivity contribution in [3.63, 3.8) is 0 Å². The summed E-state index contributed by atoms with van der Waals surface area (Å²) in [4.78, 5) is 14.0. The lowest BCUT2D eigenvalue weighted by Gasteiger charge is -2.40. The summed E-state index contributed by atoms with van der Waals surface area (Å²) in [6.45, 7) is 5.69. The van der Waals surface area contributed by atoms with Crippen LogP contribution in [0, 0.1) is 0 Å². The molecule has 3 nitrogen and oxygen atoms in total. The third kappa shape index (κ3) is 1.97. The molecule has 15 heavy (non-hydrogen) atoms. The first kappa shape index (κ1) is 10.4. The Kier molecular flexibility index (Phi) is 2.65. The van der Waals surface area contributed by atoms with Gasteiger partial charge in [0.25, 0.3) is 0 Å². The third-order valence-electron chi connectivity index (χ3n) is 3.23. The normalized spacial score (nSPS) is 21.9. The quantitative estimate of drug-likeness (QED) is 0.745. The van der Waals surface area contributed by atoms with E-state index in [-0.39, 0.29) is 5.54 Å². The maximum atomic E-state index is 11.8. The molecule has 2 heterocycles. The maximum Gasteiger partial charge on any atom is 0.152 e. The highest BCUT2D eigenvalue weighted by atomic mass is 16.3. The van der Waals surface area contributed by atoms with Crippen LogP contribution in [0.3, 0.4) is 0 Å². The summed E-state index contributed by atoms with van der Waals surface area (Å²) in [5, 5.41) is 0.